The highest BCUT2D eigenvalue weighted by molar-refractivity contribution is 6.67. The Labute approximate surface area is 83.5 Å². The SMILES string of the molecule is C[C-](C)[O+]=C(Cl)c1ccc[n+](C)c1. The molecule has 0 fully saturated rings. The number of aromatic nitrogens is 1. The minimum Gasteiger partial charge on any atom is -0.378 e. The van der Waals surface area contributed by atoms with Crippen LogP contribution in [0.2, 0.25) is 0 Å². The van der Waals surface area contributed by atoms with Gasteiger partial charge < -0.3 is 4.42 Å². The first kappa shape index (κ1) is 10.1. The molecule has 0 aromatic carbocycles. The van der Waals surface area contributed by atoms with E-state index in [4.69, 9.17) is 16.0 Å². The lowest BCUT2D eigenvalue weighted by atomic mass is 10.3. The van der Waals surface area contributed by atoms with Crippen molar-refractivity contribution in [3.63, 3.8) is 0 Å². The van der Waals surface area contributed by atoms with Gasteiger partial charge in [0, 0.05) is 6.07 Å². The van der Waals surface area contributed by atoms with Gasteiger partial charge in [0.25, 0.3) is 5.24 Å². The summed E-state index contributed by atoms with van der Waals surface area (Å²) < 4.78 is 7.20. The van der Waals surface area contributed by atoms with Crippen molar-refractivity contribution >= 4 is 16.8 Å². The zero-order valence-corrected chi connectivity index (χ0v) is 8.80. The van der Waals surface area contributed by atoms with Gasteiger partial charge in [-0.25, -0.2) is 4.57 Å². The Bertz CT molecular complexity index is 320. The third kappa shape index (κ3) is 3.07. The van der Waals surface area contributed by atoms with Crippen LogP contribution < -0.4 is 4.57 Å². The summed E-state index contributed by atoms with van der Waals surface area (Å²) in [5.41, 5.74) is 0.882. The van der Waals surface area contributed by atoms with Crippen molar-refractivity contribution in [2.45, 2.75) is 13.8 Å². The largest absolute Gasteiger partial charge is 0.378 e. The minimum atomic E-state index is 0.413. The number of pyridine rings is 1. The molecule has 0 aliphatic carbocycles. The van der Waals surface area contributed by atoms with E-state index in [1.165, 1.54) is 0 Å². The number of rotatable bonds is 2. The summed E-state index contributed by atoms with van der Waals surface area (Å²) in [5.74, 6) is 0. The lowest BCUT2D eigenvalue weighted by Crippen LogP contribution is -2.27. The smallest absolute Gasteiger partial charge is 0.280 e. The van der Waals surface area contributed by atoms with Gasteiger partial charge in [-0.05, 0) is 13.8 Å². The topological polar surface area (TPSA) is 15.2 Å². The van der Waals surface area contributed by atoms with Gasteiger partial charge in [0.15, 0.2) is 18.5 Å². The number of nitrogens with zero attached hydrogens (tertiary/aromatic N) is 1. The van der Waals surface area contributed by atoms with Crippen molar-refractivity contribution in [2.75, 3.05) is 0 Å². The van der Waals surface area contributed by atoms with E-state index in [9.17, 15) is 0 Å². The first-order valence-electron chi connectivity index (χ1n) is 4.05. The van der Waals surface area contributed by atoms with E-state index in [0.717, 1.165) is 11.7 Å². The maximum Gasteiger partial charge on any atom is 0.280 e. The van der Waals surface area contributed by atoms with Gasteiger partial charge in [0.1, 0.15) is 7.05 Å². The molecule has 0 bridgehead atoms. The van der Waals surface area contributed by atoms with E-state index in [0.29, 0.717) is 5.24 Å². The first-order chi connectivity index (χ1) is 6.09. The molecule has 70 valence electrons. The van der Waals surface area contributed by atoms with Crippen LogP contribution in [0, 0.1) is 6.10 Å². The highest BCUT2D eigenvalue weighted by Gasteiger charge is 2.07. The Morgan fingerprint density at radius 3 is 2.77 bits per heavy atom. The summed E-state index contributed by atoms with van der Waals surface area (Å²) >= 11 is 5.93. The molecule has 0 atom stereocenters. The van der Waals surface area contributed by atoms with Gasteiger partial charge in [-0.15, -0.1) is 0 Å². The van der Waals surface area contributed by atoms with E-state index in [2.05, 4.69) is 0 Å². The number of aryl methyl sites for hydroxylation is 1. The van der Waals surface area contributed by atoms with E-state index >= 15 is 0 Å². The fourth-order valence-corrected chi connectivity index (χ4v) is 1.21. The molecule has 1 aromatic heterocycles. The molecule has 0 unspecified atom stereocenters. The minimum absolute atomic E-state index is 0.413. The van der Waals surface area contributed by atoms with Crippen molar-refractivity contribution in [1.82, 2.24) is 0 Å². The average molecular weight is 199 g/mol. The van der Waals surface area contributed by atoms with E-state index < -0.39 is 0 Å². The normalized spacial score (nSPS) is 11.5. The fraction of sp³-hybridized carbons (Fsp3) is 0.300. The maximum atomic E-state index is 5.93. The van der Waals surface area contributed by atoms with Crippen LogP contribution >= 0.6 is 11.6 Å². The van der Waals surface area contributed by atoms with Crippen LogP contribution in [0.4, 0.5) is 0 Å². The third-order valence-electron chi connectivity index (χ3n) is 1.46. The quantitative estimate of drug-likeness (QED) is 0.299. The lowest BCUT2D eigenvalue weighted by Gasteiger charge is -1.97. The van der Waals surface area contributed by atoms with E-state index in [-0.39, 0.29) is 0 Å². The van der Waals surface area contributed by atoms with Gasteiger partial charge in [-0.2, -0.15) is 0 Å². The van der Waals surface area contributed by atoms with Crippen LogP contribution in [-0.2, 0) is 7.05 Å². The van der Waals surface area contributed by atoms with Crippen LogP contribution in [-0.4, -0.2) is 5.24 Å². The first-order valence-corrected chi connectivity index (χ1v) is 4.43. The van der Waals surface area contributed by atoms with Gasteiger partial charge >= 0.3 is 0 Å². The summed E-state index contributed by atoms with van der Waals surface area (Å²) in [6, 6.07) is 3.83. The van der Waals surface area contributed by atoms with Crippen LogP contribution in [0.25, 0.3) is 0 Å². The molecule has 3 heteroatoms. The molecule has 2 nitrogen and oxygen atoms in total. The molecule has 0 aliphatic heterocycles. The van der Waals surface area contributed by atoms with Crippen LogP contribution in [0.15, 0.2) is 24.5 Å². The molecule has 0 aliphatic rings. The van der Waals surface area contributed by atoms with Crippen LogP contribution in [0.5, 0.6) is 0 Å². The van der Waals surface area contributed by atoms with E-state index in [1.54, 1.807) is 0 Å². The predicted molar refractivity (Wildman–Crippen MR) is 52.4 cm³/mol. The Morgan fingerprint density at radius 1 is 1.54 bits per heavy atom. The van der Waals surface area contributed by atoms with Gasteiger partial charge in [-0.1, -0.05) is 17.7 Å². The standard InChI is InChI=1S/C10H13ClNO/c1-8(2)13-10(11)9-5-4-6-12(3)7-9/h4-7H,1-3H3/q+1. The Hall–Kier alpha value is -1.02. The molecule has 13 heavy (non-hydrogen) atoms. The third-order valence-corrected chi connectivity index (χ3v) is 1.76. The van der Waals surface area contributed by atoms with Crippen molar-refractivity contribution < 1.29 is 8.99 Å². The molecule has 1 rings (SSSR count). The van der Waals surface area contributed by atoms with Gasteiger partial charge in [-0.3, -0.25) is 0 Å². The average Bonchev–Trinajstić information content (AvgIpc) is 2.03. The summed E-state index contributed by atoms with van der Waals surface area (Å²) in [7, 11) is 1.94. The molecule has 0 spiro atoms. The van der Waals surface area contributed by atoms with Crippen molar-refractivity contribution in [3.8, 4) is 0 Å². The maximum absolute atomic E-state index is 5.93. The number of hydrogen-bond acceptors (Lipinski definition) is 0. The highest BCUT2D eigenvalue weighted by Crippen LogP contribution is 2.06. The zero-order valence-electron chi connectivity index (χ0n) is 8.04. The van der Waals surface area contributed by atoms with Crippen molar-refractivity contribution in [1.29, 1.82) is 0 Å². The second-order valence-electron chi connectivity index (χ2n) is 3.04. The summed E-state index contributed by atoms with van der Waals surface area (Å²) in [6.45, 7) is 3.73. The van der Waals surface area contributed by atoms with Gasteiger partial charge in [0.2, 0.25) is 0 Å². The van der Waals surface area contributed by atoms with Gasteiger partial charge in [0.05, 0.1) is 5.56 Å². The Kier molecular flexibility index (Phi) is 3.32. The number of hydrogen-bond donors (Lipinski definition) is 0. The van der Waals surface area contributed by atoms with Crippen molar-refractivity contribution in [2.24, 2.45) is 7.05 Å². The molecule has 0 saturated carbocycles. The lowest BCUT2D eigenvalue weighted by molar-refractivity contribution is -0.671. The molecule has 1 heterocycles. The predicted octanol–water partition coefficient (Wildman–Crippen LogP) is 2.00. The van der Waals surface area contributed by atoms with Crippen LogP contribution in [0.3, 0.4) is 0 Å². The molecule has 0 N–H and O–H groups in total. The number of halogens is 1. The summed E-state index contributed by atoms with van der Waals surface area (Å²) in [4.78, 5) is 0. The Morgan fingerprint density at radius 2 is 2.23 bits per heavy atom. The highest BCUT2D eigenvalue weighted by atomic mass is 35.5. The summed E-state index contributed by atoms with van der Waals surface area (Å²) in [6.07, 6.45) is 4.68. The molecular weight excluding hydrogens is 186 g/mol. The second-order valence-corrected chi connectivity index (χ2v) is 3.39. The molecule has 1 aromatic rings. The Balaban J connectivity index is 2.95. The molecular formula is C10H13ClNO+. The molecule has 0 amide bonds. The van der Waals surface area contributed by atoms with Crippen LogP contribution in [0.1, 0.15) is 23.8 Å². The summed E-state index contributed by atoms with van der Waals surface area (Å²) in [5, 5.41) is 0.413. The number of carbonyl (C=O) groups excluding carboxylic acids is 1. The monoisotopic (exact) mass is 198 g/mol. The van der Waals surface area contributed by atoms with Crippen molar-refractivity contribution in [3.05, 3.63) is 36.2 Å². The van der Waals surface area contributed by atoms with E-state index in [1.807, 2.05) is 50.0 Å². The second kappa shape index (κ2) is 4.28. The zero-order chi connectivity index (χ0) is 9.84. The molecule has 0 saturated heterocycles. The fourth-order valence-electron chi connectivity index (χ4n) is 0.942. The molecule has 0 radical (unpaired) electrons.